The molecule has 2 saturated carbocycles. The van der Waals surface area contributed by atoms with Crippen LogP contribution in [-0.4, -0.2) is 15.0 Å². The quantitative estimate of drug-likeness (QED) is 0.840. The molecule has 2 N–H and O–H groups in total. The van der Waals surface area contributed by atoms with Gasteiger partial charge in [-0.2, -0.15) is 0 Å². The number of aromatic nitrogens is 3. The van der Waals surface area contributed by atoms with Gasteiger partial charge in [0, 0.05) is 6.54 Å². The first-order valence-corrected chi connectivity index (χ1v) is 6.43. The molecule has 88 valence electrons. The van der Waals surface area contributed by atoms with Crippen molar-refractivity contribution < 1.29 is 0 Å². The summed E-state index contributed by atoms with van der Waals surface area (Å²) in [4.78, 5) is 0. The van der Waals surface area contributed by atoms with Crippen LogP contribution < -0.4 is 5.73 Å². The molecule has 1 aromatic heterocycles. The lowest BCUT2D eigenvalue weighted by atomic mass is 9.93. The Hall–Kier alpha value is -0.900. The predicted octanol–water partition coefficient (Wildman–Crippen LogP) is 1.73. The van der Waals surface area contributed by atoms with E-state index in [2.05, 4.69) is 17.2 Å². The smallest absolute Gasteiger partial charge is 0.0757 e. The normalized spacial score (nSPS) is 33.8. The lowest BCUT2D eigenvalue weighted by Crippen LogP contribution is -2.23. The second-order valence-corrected chi connectivity index (χ2v) is 5.40. The fourth-order valence-corrected chi connectivity index (χ4v) is 3.21. The molecule has 0 aromatic carbocycles. The third-order valence-electron chi connectivity index (χ3n) is 4.21. The molecule has 3 unspecified atom stereocenters. The van der Waals surface area contributed by atoms with Crippen LogP contribution in [0.2, 0.25) is 0 Å². The summed E-state index contributed by atoms with van der Waals surface area (Å²) in [5, 5.41) is 8.11. The van der Waals surface area contributed by atoms with Gasteiger partial charge in [-0.1, -0.05) is 12.1 Å². The van der Waals surface area contributed by atoms with Crippen LogP contribution >= 0.6 is 0 Å². The van der Waals surface area contributed by atoms with Gasteiger partial charge in [-0.3, -0.25) is 0 Å². The molecule has 4 heteroatoms. The second-order valence-electron chi connectivity index (χ2n) is 5.40. The molecule has 0 bridgehead atoms. The van der Waals surface area contributed by atoms with Crippen molar-refractivity contribution in [3.63, 3.8) is 0 Å². The van der Waals surface area contributed by atoms with Crippen molar-refractivity contribution >= 4 is 0 Å². The van der Waals surface area contributed by atoms with Crippen molar-refractivity contribution in [1.82, 2.24) is 15.0 Å². The molecule has 0 spiro atoms. The molecule has 3 rings (SSSR count). The summed E-state index contributed by atoms with van der Waals surface area (Å²) in [6, 6.07) is 0.148. The van der Waals surface area contributed by atoms with E-state index in [9.17, 15) is 0 Å². The maximum absolute atomic E-state index is 6.36. The first-order valence-electron chi connectivity index (χ1n) is 6.43. The van der Waals surface area contributed by atoms with Gasteiger partial charge in [0.1, 0.15) is 0 Å². The number of fused-ring (bicyclic) bond motifs is 1. The number of nitrogens with two attached hydrogens (primary N) is 1. The zero-order valence-electron chi connectivity index (χ0n) is 9.84. The molecular weight excluding hydrogens is 200 g/mol. The molecule has 2 aliphatic carbocycles. The summed E-state index contributed by atoms with van der Waals surface area (Å²) >= 11 is 0. The highest BCUT2D eigenvalue weighted by molar-refractivity contribution is 5.08. The zero-order valence-corrected chi connectivity index (χ0v) is 9.84. The van der Waals surface area contributed by atoms with E-state index in [0.717, 1.165) is 30.5 Å². The molecule has 0 aliphatic heterocycles. The van der Waals surface area contributed by atoms with Crippen LogP contribution in [0, 0.1) is 17.8 Å². The van der Waals surface area contributed by atoms with Crippen molar-refractivity contribution in [3.05, 3.63) is 11.9 Å². The van der Waals surface area contributed by atoms with Crippen LogP contribution in [0.5, 0.6) is 0 Å². The van der Waals surface area contributed by atoms with Crippen molar-refractivity contribution in [2.24, 2.45) is 23.5 Å². The van der Waals surface area contributed by atoms with E-state index >= 15 is 0 Å². The number of aryl methyl sites for hydroxylation is 1. The zero-order chi connectivity index (χ0) is 11.1. The fourth-order valence-electron chi connectivity index (χ4n) is 3.21. The van der Waals surface area contributed by atoms with E-state index in [0.29, 0.717) is 5.92 Å². The lowest BCUT2D eigenvalue weighted by Gasteiger charge is -2.20. The van der Waals surface area contributed by atoms with E-state index in [1.54, 1.807) is 0 Å². The number of hydrogen-bond acceptors (Lipinski definition) is 3. The molecule has 3 atom stereocenters. The average Bonchev–Trinajstić information content (AvgIpc) is 2.74. The Bertz CT molecular complexity index is 363. The van der Waals surface area contributed by atoms with E-state index in [-0.39, 0.29) is 6.04 Å². The van der Waals surface area contributed by atoms with Crippen LogP contribution in [-0.2, 0) is 6.54 Å². The van der Waals surface area contributed by atoms with E-state index in [4.69, 9.17) is 5.73 Å². The van der Waals surface area contributed by atoms with Crippen LogP contribution in [0.15, 0.2) is 6.20 Å². The molecule has 4 nitrogen and oxygen atoms in total. The van der Waals surface area contributed by atoms with E-state index in [1.807, 2.05) is 10.9 Å². The van der Waals surface area contributed by atoms with Crippen LogP contribution in [0.4, 0.5) is 0 Å². The third kappa shape index (κ3) is 1.65. The van der Waals surface area contributed by atoms with Gasteiger partial charge in [-0.15, -0.1) is 5.10 Å². The third-order valence-corrected chi connectivity index (χ3v) is 4.21. The minimum atomic E-state index is 0.148. The summed E-state index contributed by atoms with van der Waals surface area (Å²) in [5.74, 6) is 2.65. The van der Waals surface area contributed by atoms with Crippen LogP contribution in [0.3, 0.4) is 0 Å². The van der Waals surface area contributed by atoms with Crippen molar-refractivity contribution in [3.8, 4) is 0 Å². The average molecular weight is 220 g/mol. The number of nitrogens with zero attached hydrogens (tertiary/aromatic N) is 3. The first-order chi connectivity index (χ1) is 7.79. The van der Waals surface area contributed by atoms with Crippen molar-refractivity contribution in [2.45, 2.75) is 45.2 Å². The Morgan fingerprint density at radius 3 is 2.88 bits per heavy atom. The minimum Gasteiger partial charge on any atom is -0.322 e. The van der Waals surface area contributed by atoms with E-state index < -0.39 is 0 Å². The van der Waals surface area contributed by atoms with Crippen LogP contribution in [0.25, 0.3) is 0 Å². The highest BCUT2D eigenvalue weighted by Gasteiger charge is 2.47. The van der Waals surface area contributed by atoms with E-state index in [1.165, 1.54) is 19.3 Å². The Morgan fingerprint density at radius 2 is 2.19 bits per heavy atom. The summed E-state index contributed by atoms with van der Waals surface area (Å²) in [5.41, 5.74) is 7.49. The van der Waals surface area contributed by atoms with Gasteiger partial charge in [0.05, 0.1) is 17.9 Å². The van der Waals surface area contributed by atoms with Gasteiger partial charge >= 0.3 is 0 Å². The maximum Gasteiger partial charge on any atom is 0.0757 e. The molecule has 1 aromatic rings. The number of hydrogen-bond donors (Lipinski definition) is 1. The summed E-state index contributed by atoms with van der Waals surface area (Å²) < 4.78 is 1.98. The van der Waals surface area contributed by atoms with Crippen LogP contribution in [0.1, 0.15) is 44.3 Å². The second kappa shape index (κ2) is 3.84. The molecular formula is C12H20N4. The SMILES string of the molecule is CCCn1nncc1C(N)C1CC2CC2C1. The van der Waals surface area contributed by atoms with Gasteiger partial charge in [0.15, 0.2) is 0 Å². The highest BCUT2D eigenvalue weighted by Crippen LogP contribution is 2.56. The van der Waals surface area contributed by atoms with Crippen molar-refractivity contribution in [2.75, 3.05) is 0 Å². The summed E-state index contributed by atoms with van der Waals surface area (Å²) in [6.07, 6.45) is 7.03. The Morgan fingerprint density at radius 1 is 1.44 bits per heavy atom. The standard InChI is InChI=1S/C12H20N4/c1-2-3-16-11(7-14-15-16)12(13)10-5-8-4-9(8)6-10/h7-10,12H,2-6,13H2,1H3. The summed E-state index contributed by atoms with van der Waals surface area (Å²) in [7, 11) is 0. The summed E-state index contributed by atoms with van der Waals surface area (Å²) in [6.45, 7) is 3.09. The number of rotatable bonds is 4. The maximum atomic E-state index is 6.36. The van der Waals surface area contributed by atoms with Gasteiger partial charge in [0.25, 0.3) is 0 Å². The molecule has 1 heterocycles. The lowest BCUT2D eigenvalue weighted by molar-refractivity contribution is 0.379. The van der Waals surface area contributed by atoms with Gasteiger partial charge in [-0.25, -0.2) is 4.68 Å². The van der Waals surface area contributed by atoms with Gasteiger partial charge in [0.2, 0.25) is 0 Å². The molecule has 2 fully saturated rings. The largest absolute Gasteiger partial charge is 0.322 e. The first kappa shape index (κ1) is 10.3. The molecule has 0 radical (unpaired) electrons. The van der Waals surface area contributed by atoms with Gasteiger partial charge < -0.3 is 5.73 Å². The predicted molar refractivity (Wildman–Crippen MR) is 61.6 cm³/mol. The minimum absolute atomic E-state index is 0.148. The fraction of sp³-hybridized carbons (Fsp3) is 0.833. The van der Waals surface area contributed by atoms with Crippen molar-refractivity contribution in [1.29, 1.82) is 0 Å². The van der Waals surface area contributed by atoms with Gasteiger partial charge in [-0.05, 0) is 43.4 Å². The Balaban J connectivity index is 1.72. The molecule has 0 saturated heterocycles. The topological polar surface area (TPSA) is 56.7 Å². The molecule has 0 amide bonds. The highest BCUT2D eigenvalue weighted by atomic mass is 15.4. The Kier molecular flexibility index (Phi) is 2.46. The Labute approximate surface area is 96.2 Å². The molecule has 16 heavy (non-hydrogen) atoms. The monoisotopic (exact) mass is 220 g/mol. The molecule has 2 aliphatic rings.